The van der Waals surface area contributed by atoms with Crippen LogP contribution in [-0.4, -0.2) is 64.1 Å². The molecule has 3 fully saturated rings. The Hall–Kier alpha value is -2.04. The summed E-state index contributed by atoms with van der Waals surface area (Å²) in [7, 11) is 0. The van der Waals surface area contributed by atoms with Crippen molar-refractivity contribution in [2.75, 3.05) is 26.3 Å². The molecule has 0 bridgehead atoms. The van der Waals surface area contributed by atoms with Gasteiger partial charge in [-0.05, 0) is 51.4 Å². The SMILES string of the molecule is O=C(NC1CCN(C2CCCCO2)CC1)c1nn(C2CCCCO2)cc1[N+](=O)[O-]. The number of hydrogen-bond acceptors (Lipinski definition) is 7. The minimum Gasteiger partial charge on any atom is -0.363 e. The van der Waals surface area contributed by atoms with E-state index in [1.165, 1.54) is 17.3 Å². The molecule has 2 atom stereocenters. The predicted octanol–water partition coefficient (Wildman–Crippen LogP) is 2.21. The molecule has 3 aliphatic rings. The minimum atomic E-state index is -0.551. The number of carbonyl (C=O) groups is 1. The van der Waals surface area contributed by atoms with Crippen molar-refractivity contribution in [1.82, 2.24) is 20.0 Å². The molecule has 0 aliphatic carbocycles. The van der Waals surface area contributed by atoms with Crippen molar-refractivity contribution in [2.45, 2.75) is 69.9 Å². The topological polar surface area (TPSA) is 112 Å². The van der Waals surface area contributed by atoms with Crippen LogP contribution in [0, 0.1) is 10.1 Å². The van der Waals surface area contributed by atoms with Crippen LogP contribution in [0.5, 0.6) is 0 Å². The van der Waals surface area contributed by atoms with Crippen LogP contribution in [0.25, 0.3) is 0 Å². The Morgan fingerprint density at radius 1 is 1.07 bits per heavy atom. The standard InChI is InChI=1S/C19H29N5O5/c25-19(20-14-7-9-22(10-8-14)16-5-1-3-11-28-16)18-15(24(26)27)13-23(21-18)17-6-2-4-12-29-17/h13-14,16-17H,1-12H2,(H,20,25). The Labute approximate surface area is 169 Å². The molecule has 2 unspecified atom stereocenters. The fourth-order valence-corrected chi connectivity index (χ4v) is 4.35. The molecule has 29 heavy (non-hydrogen) atoms. The lowest BCUT2D eigenvalue weighted by molar-refractivity contribution is -0.385. The molecule has 0 saturated carbocycles. The summed E-state index contributed by atoms with van der Waals surface area (Å²) >= 11 is 0. The van der Waals surface area contributed by atoms with Crippen LogP contribution in [0.15, 0.2) is 6.20 Å². The first kappa shape index (κ1) is 20.2. The van der Waals surface area contributed by atoms with Crippen molar-refractivity contribution < 1.29 is 19.2 Å². The number of hydrogen-bond donors (Lipinski definition) is 1. The molecule has 1 N–H and O–H groups in total. The second-order valence-corrected chi connectivity index (χ2v) is 8.03. The van der Waals surface area contributed by atoms with E-state index in [0.717, 1.165) is 64.6 Å². The fraction of sp³-hybridized carbons (Fsp3) is 0.789. The van der Waals surface area contributed by atoms with Gasteiger partial charge in [0.2, 0.25) is 5.69 Å². The Bertz CT molecular complexity index is 719. The van der Waals surface area contributed by atoms with Crippen molar-refractivity contribution in [3.05, 3.63) is 22.0 Å². The lowest BCUT2D eigenvalue weighted by atomic mass is 10.0. The summed E-state index contributed by atoms with van der Waals surface area (Å²) in [6.07, 6.45) is 8.81. The first-order valence-electron chi connectivity index (χ1n) is 10.6. The maximum absolute atomic E-state index is 12.7. The molecule has 4 rings (SSSR count). The van der Waals surface area contributed by atoms with Gasteiger partial charge in [0, 0.05) is 32.3 Å². The monoisotopic (exact) mass is 407 g/mol. The quantitative estimate of drug-likeness (QED) is 0.588. The maximum Gasteiger partial charge on any atom is 0.320 e. The highest BCUT2D eigenvalue weighted by molar-refractivity contribution is 5.96. The number of nitrogens with one attached hydrogen (secondary N) is 1. The third-order valence-electron chi connectivity index (χ3n) is 6.00. The lowest BCUT2D eigenvalue weighted by Gasteiger charge is -2.39. The largest absolute Gasteiger partial charge is 0.363 e. The highest BCUT2D eigenvalue weighted by atomic mass is 16.6. The Balaban J connectivity index is 1.36. The average Bonchev–Trinajstić information content (AvgIpc) is 3.22. The van der Waals surface area contributed by atoms with Crippen LogP contribution in [0.3, 0.4) is 0 Å². The van der Waals surface area contributed by atoms with E-state index in [1.54, 1.807) is 0 Å². The summed E-state index contributed by atoms with van der Waals surface area (Å²) < 4.78 is 12.9. The van der Waals surface area contributed by atoms with Gasteiger partial charge < -0.3 is 14.8 Å². The lowest BCUT2D eigenvalue weighted by Crippen LogP contribution is -2.49. The Morgan fingerprint density at radius 3 is 2.31 bits per heavy atom. The molecular weight excluding hydrogens is 378 g/mol. The van der Waals surface area contributed by atoms with Crippen LogP contribution < -0.4 is 5.32 Å². The number of likely N-dealkylation sites (tertiary alicyclic amines) is 1. The third-order valence-corrected chi connectivity index (χ3v) is 6.00. The van der Waals surface area contributed by atoms with Gasteiger partial charge in [0.15, 0.2) is 0 Å². The van der Waals surface area contributed by atoms with Crippen molar-refractivity contribution in [3.8, 4) is 0 Å². The molecule has 10 nitrogen and oxygen atoms in total. The van der Waals surface area contributed by atoms with Gasteiger partial charge in [-0.3, -0.25) is 19.8 Å². The summed E-state index contributed by atoms with van der Waals surface area (Å²) in [6, 6.07) is -0.0157. The Morgan fingerprint density at radius 2 is 1.72 bits per heavy atom. The summed E-state index contributed by atoms with van der Waals surface area (Å²) in [6.45, 7) is 3.12. The average molecular weight is 407 g/mol. The van der Waals surface area contributed by atoms with Crippen molar-refractivity contribution in [1.29, 1.82) is 0 Å². The van der Waals surface area contributed by atoms with E-state index in [4.69, 9.17) is 9.47 Å². The van der Waals surface area contributed by atoms with Crippen LogP contribution in [0.1, 0.15) is 68.1 Å². The first-order chi connectivity index (χ1) is 14.1. The number of amides is 1. The first-order valence-corrected chi connectivity index (χ1v) is 10.6. The van der Waals surface area contributed by atoms with E-state index in [9.17, 15) is 14.9 Å². The van der Waals surface area contributed by atoms with E-state index in [-0.39, 0.29) is 29.9 Å². The predicted molar refractivity (Wildman–Crippen MR) is 103 cm³/mol. The minimum absolute atomic E-state index is 0.0157. The van der Waals surface area contributed by atoms with Gasteiger partial charge in [-0.1, -0.05) is 0 Å². The molecule has 3 saturated heterocycles. The van der Waals surface area contributed by atoms with Crippen LogP contribution >= 0.6 is 0 Å². The molecule has 10 heteroatoms. The number of piperidine rings is 1. The van der Waals surface area contributed by atoms with Gasteiger partial charge in [0.1, 0.15) is 18.7 Å². The summed E-state index contributed by atoms with van der Waals surface area (Å²) in [5.41, 5.74) is -0.410. The zero-order valence-electron chi connectivity index (χ0n) is 16.6. The molecule has 0 radical (unpaired) electrons. The molecule has 1 aromatic rings. The molecule has 160 valence electrons. The molecule has 4 heterocycles. The van der Waals surface area contributed by atoms with Gasteiger partial charge in [-0.25, -0.2) is 4.68 Å². The molecule has 0 spiro atoms. The normalized spacial score (nSPS) is 26.9. The van der Waals surface area contributed by atoms with Gasteiger partial charge >= 0.3 is 5.69 Å². The van der Waals surface area contributed by atoms with Crippen LogP contribution in [0.2, 0.25) is 0 Å². The number of aromatic nitrogens is 2. The smallest absolute Gasteiger partial charge is 0.320 e. The van der Waals surface area contributed by atoms with Gasteiger partial charge in [-0.15, -0.1) is 0 Å². The summed E-state index contributed by atoms with van der Waals surface area (Å²) in [5, 5.41) is 18.6. The number of ether oxygens (including phenoxy) is 2. The van der Waals surface area contributed by atoms with E-state index in [0.29, 0.717) is 6.61 Å². The third kappa shape index (κ3) is 4.76. The molecule has 1 aromatic heterocycles. The van der Waals surface area contributed by atoms with Crippen molar-refractivity contribution >= 4 is 11.6 Å². The molecule has 3 aliphatic heterocycles. The number of rotatable bonds is 5. The van der Waals surface area contributed by atoms with E-state index >= 15 is 0 Å². The van der Waals surface area contributed by atoms with Gasteiger partial charge in [0.05, 0.1) is 4.92 Å². The van der Waals surface area contributed by atoms with Crippen LogP contribution in [0.4, 0.5) is 5.69 Å². The molecule has 1 amide bonds. The summed E-state index contributed by atoms with van der Waals surface area (Å²) in [5.74, 6) is -0.487. The highest BCUT2D eigenvalue weighted by Gasteiger charge is 2.32. The Kier molecular flexibility index (Phi) is 6.41. The van der Waals surface area contributed by atoms with E-state index in [1.807, 2.05) is 0 Å². The second kappa shape index (κ2) is 9.19. The van der Waals surface area contributed by atoms with Gasteiger partial charge in [-0.2, -0.15) is 5.10 Å². The number of carbonyl (C=O) groups excluding carboxylic acids is 1. The molecule has 0 aromatic carbocycles. The highest BCUT2D eigenvalue weighted by Crippen LogP contribution is 2.26. The maximum atomic E-state index is 12.7. The second-order valence-electron chi connectivity index (χ2n) is 8.03. The van der Waals surface area contributed by atoms with Crippen LogP contribution in [-0.2, 0) is 9.47 Å². The van der Waals surface area contributed by atoms with Gasteiger partial charge in [0.25, 0.3) is 5.91 Å². The fourth-order valence-electron chi connectivity index (χ4n) is 4.35. The van der Waals surface area contributed by atoms with Crippen molar-refractivity contribution in [3.63, 3.8) is 0 Å². The van der Waals surface area contributed by atoms with Crippen molar-refractivity contribution in [2.24, 2.45) is 0 Å². The zero-order valence-corrected chi connectivity index (χ0v) is 16.6. The zero-order chi connectivity index (χ0) is 20.2. The summed E-state index contributed by atoms with van der Waals surface area (Å²) in [4.78, 5) is 26.0. The molecular formula is C19H29N5O5. The van der Waals surface area contributed by atoms with E-state index in [2.05, 4.69) is 15.3 Å². The number of nitrogens with zero attached hydrogens (tertiary/aromatic N) is 4. The van der Waals surface area contributed by atoms with E-state index < -0.39 is 10.8 Å². The number of nitro groups is 1.